The van der Waals surface area contributed by atoms with Crippen LogP contribution in [0.2, 0.25) is 0 Å². The standard InChI is InChI=1S/C22H26N6O2/c1-6-26-16(5)19(15(4)24-26)21(29)23-14(3)12-27-22(30)28-18-10-8-7-9-17(18)11-13(2)20(28)25-27/h7-11,14H,6,12H2,1-5H3,(H,23,29)/t14-/m0/s1. The number of carbonyl (C=O) groups is 1. The van der Waals surface area contributed by atoms with Gasteiger partial charge in [-0.3, -0.25) is 9.48 Å². The summed E-state index contributed by atoms with van der Waals surface area (Å²) in [6, 6.07) is 9.50. The molecule has 1 atom stereocenters. The number of nitrogens with one attached hydrogen (secondary N) is 1. The van der Waals surface area contributed by atoms with E-state index in [9.17, 15) is 9.59 Å². The molecule has 4 aromatic rings. The molecule has 4 rings (SSSR count). The molecule has 8 nitrogen and oxygen atoms in total. The molecule has 1 aromatic carbocycles. The van der Waals surface area contributed by atoms with E-state index in [-0.39, 0.29) is 24.2 Å². The summed E-state index contributed by atoms with van der Waals surface area (Å²) >= 11 is 0. The predicted octanol–water partition coefficient (Wildman–Crippen LogP) is 2.61. The fourth-order valence-corrected chi connectivity index (χ4v) is 4.04. The lowest BCUT2D eigenvalue weighted by Gasteiger charge is -2.13. The van der Waals surface area contributed by atoms with E-state index in [1.54, 1.807) is 4.40 Å². The van der Waals surface area contributed by atoms with E-state index in [2.05, 4.69) is 15.5 Å². The molecule has 0 aliphatic carbocycles. The molecule has 156 valence electrons. The minimum absolute atomic E-state index is 0.185. The van der Waals surface area contributed by atoms with Gasteiger partial charge in [-0.15, -0.1) is 5.10 Å². The topological polar surface area (TPSA) is 86.2 Å². The van der Waals surface area contributed by atoms with Crippen molar-refractivity contribution in [1.29, 1.82) is 0 Å². The Balaban J connectivity index is 1.63. The van der Waals surface area contributed by atoms with Gasteiger partial charge in [-0.1, -0.05) is 18.2 Å². The maximum Gasteiger partial charge on any atom is 0.350 e. The minimum atomic E-state index is -0.282. The number of para-hydroxylation sites is 1. The van der Waals surface area contributed by atoms with Gasteiger partial charge in [0.05, 0.1) is 23.3 Å². The van der Waals surface area contributed by atoms with Gasteiger partial charge in [0.2, 0.25) is 0 Å². The molecule has 3 aromatic heterocycles. The van der Waals surface area contributed by atoms with Crippen molar-refractivity contribution in [1.82, 2.24) is 29.3 Å². The maximum atomic E-state index is 13.1. The summed E-state index contributed by atoms with van der Waals surface area (Å²) in [6.07, 6.45) is 0. The second-order valence-corrected chi connectivity index (χ2v) is 7.75. The van der Waals surface area contributed by atoms with Crippen molar-refractivity contribution in [3.05, 3.63) is 63.3 Å². The number of hydrogen-bond acceptors (Lipinski definition) is 4. The molecule has 0 aliphatic rings. The van der Waals surface area contributed by atoms with Crippen LogP contribution in [0.5, 0.6) is 0 Å². The Hall–Kier alpha value is -3.42. The molecular formula is C22H26N6O2. The van der Waals surface area contributed by atoms with Crippen LogP contribution in [-0.4, -0.2) is 35.9 Å². The van der Waals surface area contributed by atoms with Crippen LogP contribution in [0.15, 0.2) is 35.1 Å². The van der Waals surface area contributed by atoms with E-state index in [4.69, 9.17) is 0 Å². The zero-order valence-electron chi connectivity index (χ0n) is 17.9. The Morgan fingerprint density at radius 1 is 1.13 bits per heavy atom. The van der Waals surface area contributed by atoms with Crippen LogP contribution in [0.1, 0.15) is 41.2 Å². The highest BCUT2D eigenvalue weighted by molar-refractivity contribution is 5.96. The highest BCUT2D eigenvalue weighted by Gasteiger charge is 2.21. The Morgan fingerprint density at radius 3 is 2.57 bits per heavy atom. The lowest BCUT2D eigenvalue weighted by molar-refractivity contribution is 0.0934. The van der Waals surface area contributed by atoms with Crippen LogP contribution in [-0.2, 0) is 13.1 Å². The van der Waals surface area contributed by atoms with Crippen molar-refractivity contribution >= 4 is 22.5 Å². The third-order valence-electron chi connectivity index (χ3n) is 5.47. The van der Waals surface area contributed by atoms with Gasteiger partial charge in [0.15, 0.2) is 5.65 Å². The Labute approximate surface area is 174 Å². The van der Waals surface area contributed by atoms with E-state index in [0.29, 0.717) is 23.4 Å². The van der Waals surface area contributed by atoms with Gasteiger partial charge in [-0.05, 0) is 57.7 Å². The van der Waals surface area contributed by atoms with Crippen LogP contribution >= 0.6 is 0 Å². The van der Waals surface area contributed by atoms with Crippen LogP contribution in [0.25, 0.3) is 16.6 Å². The summed E-state index contributed by atoms with van der Waals surface area (Å²) in [5.74, 6) is -0.185. The highest BCUT2D eigenvalue weighted by atomic mass is 16.2. The zero-order valence-corrected chi connectivity index (χ0v) is 17.9. The fraction of sp³-hybridized carbons (Fsp3) is 0.364. The molecule has 0 radical (unpaired) electrons. The SMILES string of the molecule is CCn1nc(C)c(C(=O)N[C@@H](C)Cn2nc3c(C)cc4ccccc4n3c2=O)c1C. The van der Waals surface area contributed by atoms with E-state index in [1.165, 1.54) is 4.68 Å². The van der Waals surface area contributed by atoms with Crippen LogP contribution in [0.4, 0.5) is 0 Å². The Bertz CT molecular complexity index is 1330. The number of aromatic nitrogens is 5. The third-order valence-corrected chi connectivity index (χ3v) is 5.47. The summed E-state index contributed by atoms with van der Waals surface area (Å²) in [5, 5.41) is 12.9. The number of aryl methyl sites for hydroxylation is 3. The lowest BCUT2D eigenvalue weighted by atomic mass is 10.1. The van der Waals surface area contributed by atoms with Gasteiger partial charge in [0.1, 0.15) is 0 Å². The lowest BCUT2D eigenvalue weighted by Crippen LogP contribution is -2.38. The van der Waals surface area contributed by atoms with Crippen LogP contribution in [0.3, 0.4) is 0 Å². The molecule has 1 N–H and O–H groups in total. The van der Waals surface area contributed by atoms with Gasteiger partial charge < -0.3 is 5.32 Å². The molecule has 3 heterocycles. The van der Waals surface area contributed by atoms with Crippen LogP contribution in [0, 0.1) is 20.8 Å². The largest absolute Gasteiger partial charge is 0.350 e. The molecule has 30 heavy (non-hydrogen) atoms. The summed E-state index contributed by atoms with van der Waals surface area (Å²) in [4.78, 5) is 25.9. The number of fused-ring (bicyclic) bond motifs is 3. The first-order valence-electron chi connectivity index (χ1n) is 10.1. The molecule has 0 aliphatic heterocycles. The predicted molar refractivity (Wildman–Crippen MR) is 116 cm³/mol. The number of carbonyl (C=O) groups excluding carboxylic acids is 1. The Kier molecular flexibility index (Phi) is 4.93. The number of hydrogen-bond donors (Lipinski definition) is 1. The molecule has 0 unspecified atom stereocenters. The zero-order chi connectivity index (χ0) is 21.6. The van der Waals surface area contributed by atoms with Crippen molar-refractivity contribution in [3.8, 4) is 0 Å². The quantitative estimate of drug-likeness (QED) is 0.552. The second kappa shape index (κ2) is 7.44. The fourth-order valence-electron chi connectivity index (χ4n) is 4.04. The van der Waals surface area contributed by atoms with Gasteiger partial charge in [-0.2, -0.15) is 5.10 Å². The van der Waals surface area contributed by atoms with E-state index >= 15 is 0 Å². The van der Waals surface area contributed by atoms with Gasteiger partial charge in [0.25, 0.3) is 5.91 Å². The average Bonchev–Trinajstić information content (AvgIpc) is 3.18. The molecule has 0 saturated carbocycles. The monoisotopic (exact) mass is 406 g/mol. The summed E-state index contributed by atoms with van der Waals surface area (Å²) in [6.45, 7) is 10.5. The third kappa shape index (κ3) is 3.18. The normalized spacial score (nSPS) is 12.6. The molecule has 0 spiro atoms. The first kappa shape index (κ1) is 19.9. The first-order chi connectivity index (χ1) is 14.3. The highest BCUT2D eigenvalue weighted by Crippen LogP contribution is 2.18. The van der Waals surface area contributed by atoms with Crippen molar-refractivity contribution in [2.24, 2.45) is 0 Å². The van der Waals surface area contributed by atoms with Crippen LogP contribution < -0.4 is 11.0 Å². The molecule has 0 fully saturated rings. The molecule has 0 bridgehead atoms. The molecular weight excluding hydrogens is 380 g/mol. The number of rotatable bonds is 5. The summed E-state index contributed by atoms with van der Waals surface area (Å²) in [5.41, 5.74) is 4.31. The van der Waals surface area contributed by atoms with Crippen molar-refractivity contribution in [3.63, 3.8) is 0 Å². The number of benzene rings is 1. The average molecular weight is 406 g/mol. The Morgan fingerprint density at radius 2 is 1.87 bits per heavy atom. The molecule has 0 saturated heterocycles. The van der Waals surface area contributed by atoms with Gasteiger partial charge >= 0.3 is 5.69 Å². The maximum absolute atomic E-state index is 13.1. The van der Waals surface area contributed by atoms with E-state index < -0.39 is 0 Å². The van der Waals surface area contributed by atoms with Crippen molar-refractivity contribution < 1.29 is 4.79 Å². The number of amides is 1. The van der Waals surface area contributed by atoms with E-state index in [1.807, 2.05) is 69.6 Å². The number of nitrogens with zero attached hydrogens (tertiary/aromatic N) is 5. The van der Waals surface area contributed by atoms with Crippen molar-refractivity contribution in [2.75, 3.05) is 0 Å². The summed E-state index contributed by atoms with van der Waals surface area (Å²) < 4.78 is 4.88. The minimum Gasteiger partial charge on any atom is -0.348 e. The van der Waals surface area contributed by atoms with Crippen molar-refractivity contribution in [2.45, 2.75) is 53.8 Å². The van der Waals surface area contributed by atoms with E-state index in [0.717, 1.165) is 22.2 Å². The molecule has 8 heteroatoms. The second-order valence-electron chi connectivity index (χ2n) is 7.75. The molecule has 1 amide bonds. The van der Waals surface area contributed by atoms with Gasteiger partial charge in [0, 0.05) is 18.3 Å². The number of pyridine rings is 1. The smallest absolute Gasteiger partial charge is 0.348 e. The van der Waals surface area contributed by atoms with Gasteiger partial charge in [-0.25, -0.2) is 13.9 Å². The first-order valence-corrected chi connectivity index (χ1v) is 10.1. The summed E-state index contributed by atoms with van der Waals surface area (Å²) in [7, 11) is 0.